The van der Waals surface area contributed by atoms with Gasteiger partial charge in [0.1, 0.15) is 0 Å². The Bertz CT molecular complexity index is 6830. The molecule has 0 bridgehead atoms. The van der Waals surface area contributed by atoms with Crippen molar-refractivity contribution in [3.05, 3.63) is 386 Å². The average Bonchev–Trinajstić information content (AvgIpc) is 1.62. The summed E-state index contributed by atoms with van der Waals surface area (Å²) in [6, 6.07) is 123. The molecule has 0 saturated carbocycles. The average molecular weight is 1430 g/mol. The molecular formula is C100H58N12. The summed E-state index contributed by atoms with van der Waals surface area (Å²) in [4.78, 5) is 39.9. The summed E-state index contributed by atoms with van der Waals surface area (Å²) in [5.41, 5.74) is 22.8. The van der Waals surface area contributed by atoms with Crippen LogP contribution in [-0.4, -0.2) is 39.0 Å². The molecule has 4 aromatic heterocycles. The van der Waals surface area contributed by atoms with E-state index in [0.29, 0.717) is 57.4 Å². The third-order valence-electron chi connectivity index (χ3n) is 20.8. The summed E-state index contributed by atoms with van der Waals surface area (Å²) in [5.74, 6) is 2.99. The maximum atomic E-state index is 10.5. The van der Waals surface area contributed by atoms with Crippen molar-refractivity contribution in [2.75, 3.05) is 0 Å². The van der Waals surface area contributed by atoms with Crippen molar-refractivity contribution in [3.8, 4) is 159 Å². The molecule has 0 saturated heterocycles. The Morgan fingerprint density at radius 3 is 0.964 bits per heavy atom. The highest BCUT2D eigenvalue weighted by atomic mass is 15.1. The lowest BCUT2D eigenvalue weighted by Gasteiger charge is -2.17. The first-order valence-electron chi connectivity index (χ1n) is 36.6. The summed E-state index contributed by atoms with van der Waals surface area (Å²) in [6.45, 7) is 16.4. The minimum atomic E-state index is 0.451. The van der Waals surface area contributed by atoms with Crippen LogP contribution in [0.25, 0.3) is 200 Å². The number of nitriles is 2. The molecule has 0 aliphatic rings. The number of nitrogens with zero attached hydrogens (tertiary/aromatic N) is 12. The van der Waals surface area contributed by atoms with Crippen molar-refractivity contribution in [3.63, 3.8) is 0 Å². The molecule has 4 heterocycles. The van der Waals surface area contributed by atoms with E-state index in [1.807, 2.05) is 218 Å². The predicted octanol–water partition coefficient (Wildman–Crippen LogP) is 25.1. The van der Waals surface area contributed by atoms with Crippen LogP contribution in [-0.2, 0) is 0 Å². The number of hydrogen-bond acceptors (Lipinski definition) is 8. The van der Waals surface area contributed by atoms with Gasteiger partial charge in [0, 0.05) is 60.6 Å². The Balaban J connectivity index is 0.849. The Morgan fingerprint density at radius 2 is 0.545 bits per heavy atom. The van der Waals surface area contributed by atoms with E-state index in [1.165, 1.54) is 0 Å². The Morgan fingerprint density at radius 1 is 0.232 bits per heavy atom. The van der Waals surface area contributed by atoms with Gasteiger partial charge in [-0.05, 0) is 164 Å². The van der Waals surface area contributed by atoms with Gasteiger partial charge in [-0.25, -0.2) is 39.6 Å². The zero-order chi connectivity index (χ0) is 75.2. The summed E-state index contributed by atoms with van der Waals surface area (Å²) in [6.07, 6.45) is 0. The van der Waals surface area contributed by atoms with Gasteiger partial charge in [-0.3, -0.25) is 0 Å². The number of aromatic nitrogens is 8. The Labute approximate surface area is 645 Å². The molecule has 112 heavy (non-hydrogen) atoms. The van der Waals surface area contributed by atoms with Crippen LogP contribution in [0.3, 0.4) is 0 Å². The highest BCUT2D eigenvalue weighted by Crippen LogP contribution is 2.46. The van der Waals surface area contributed by atoms with Gasteiger partial charge in [-0.15, -0.1) is 0 Å². The second kappa shape index (κ2) is 28.3. The van der Waals surface area contributed by atoms with Gasteiger partial charge in [0.25, 0.3) is 0 Å². The molecule has 0 unspecified atom stereocenters. The van der Waals surface area contributed by atoms with E-state index in [1.54, 1.807) is 0 Å². The van der Waals surface area contributed by atoms with Gasteiger partial charge >= 0.3 is 0 Å². The first-order chi connectivity index (χ1) is 55.3. The maximum Gasteiger partial charge on any atom is 0.194 e. The minimum absolute atomic E-state index is 0.451. The number of rotatable bonds is 14. The number of benzene rings is 15. The molecule has 12 heteroatoms. The molecule has 0 fully saturated rings. The maximum absolute atomic E-state index is 10.5. The second-order valence-electron chi connectivity index (χ2n) is 27.3. The van der Waals surface area contributed by atoms with Crippen molar-refractivity contribution in [1.82, 2.24) is 39.0 Å². The summed E-state index contributed by atoms with van der Waals surface area (Å²) >= 11 is 0. The number of para-hydroxylation sites is 2. The van der Waals surface area contributed by atoms with E-state index < -0.39 is 0 Å². The molecular weight excluding hydrogens is 1370 g/mol. The molecule has 19 rings (SSSR count). The number of hydrogen-bond donors (Lipinski definition) is 0. The van der Waals surface area contributed by atoms with Gasteiger partial charge < -0.3 is 9.13 Å². The molecule has 12 nitrogen and oxygen atoms in total. The monoisotopic (exact) mass is 1430 g/mol. The lowest BCUT2D eigenvalue weighted by molar-refractivity contribution is 1.06. The van der Waals surface area contributed by atoms with Crippen molar-refractivity contribution in [2.45, 2.75) is 0 Å². The zero-order valence-corrected chi connectivity index (χ0v) is 59.9. The normalized spacial score (nSPS) is 11.2. The smallest absolute Gasteiger partial charge is 0.194 e. The molecule has 0 aliphatic heterocycles. The highest BCUT2D eigenvalue weighted by Gasteiger charge is 2.25. The largest absolute Gasteiger partial charge is 0.309 e. The van der Waals surface area contributed by atoms with Crippen LogP contribution >= 0.6 is 0 Å². The van der Waals surface area contributed by atoms with Crippen molar-refractivity contribution in [1.29, 1.82) is 10.5 Å². The fourth-order valence-corrected chi connectivity index (χ4v) is 15.4. The van der Waals surface area contributed by atoms with Crippen LogP contribution < -0.4 is 0 Å². The van der Waals surface area contributed by atoms with Crippen molar-refractivity contribution >= 4 is 55.0 Å². The fourth-order valence-electron chi connectivity index (χ4n) is 15.4. The first-order valence-corrected chi connectivity index (χ1v) is 36.6. The van der Waals surface area contributed by atoms with Crippen LogP contribution in [0.2, 0.25) is 0 Å². The lowest BCUT2D eigenvalue weighted by Crippen LogP contribution is -2.04. The van der Waals surface area contributed by atoms with Crippen LogP contribution in [0.1, 0.15) is 11.1 Å². The van der Waals surface area contributed by atoms with E-state index in [0.717, 1.165) is 155 Å². The van der Waals surface area contributed by atoms with E-state index in [9.17, 15) is 10.5 Å². The van der Waals surface area contributed by atoms with Gasteiger partial charge in [0.05, 0.1) is 64.2 Å². The van der Waals surface area contributed by atoms with Crippen LogP contribution in [0.15, 0.2) is 352 Å². The summed E-state index contributed by atoms with van der Waals surface area (Å²) in [5, 5.41) is 24.7. The van der Waals surface area contributed by atoms with Crippen LogP contribution in [0.5, 0.6) is 0 Å². The molecule has 0 radical (unpaired) electrons. The van der Waals surface area contributed by atoms with E-state index in [-0.39, 0.29) is 0 Å². The Hall–Kier alpha value is -16.1. The zero-order valence-electron chi connectivity index (χ0n) is 59.9. The van der Waals surface area contributed by atoms with Crippen molar-refractivity contribution < 1.29 is 0 Å². The van der Waals surface area contributed by atoms with Crippen molar-refractivity contribution in [2.24, 2.45) is 0 Å². The number of fused-ring (bicyclic) bond motifs is 6. The molecule has 0 atom stereocenters. The fraction of sp³-hybridized carbons (Fsp3) is 0. The standard InChI is InChI=1S/C100H58N12/c1-103-88-40-21-19-38-81(88)72-45-49-91-84(59-72)83-57-70(79-36-17-15-32-74(79)61-101)43-48-90(83)111(91)78-54-76(53-77(55-78)99-107-95(63-24-7-3-8-25-63)105-96(108-99)64-26-9-4-10-27-64)68-35-23-34-67(52-68)69-42-47-94(87(56-69)100-109-97(65-28-11-5-12-29-65)106-98(110-100)66-30-13-6-14-31-66)112-92-50-44-71(80-37-18-16-33-75(80)62-102)58-85(92)86-60-73(46-51-93(86)112)82-39-20-22-41-89(82)104-2/h3-60H. The summed E-state index contributed by atoms with van der Waals surface area (Å²) in [7, 11) is 0. The van der Waals surface area contributed by atoms with Gasteiger partial charge in [0.2, 0.25) is 0 Å². The van der Waals surface area contributed by atoms with Gasteiger partial charge in [-0.2, -0.15) is 10.5 Å². The summed E-state index contributed by atoms with van der Waals surface area (Å²) < 4.78 is 4.58. The first kappa shape index (κ1) is 66.6. The van der Waals surface area contributed by atoms with Crippen LogP contribution in [0.4, 0.5) is 11.4 Å². The van der Waals surface area contributed by atoms with E-state index >= 15 is 0 Å². The molecule has 518 valence electrons. The lowest BCUT2D eigenvalue weighted by atomic mass is 9.95. The SMILES string of the molecule is [C-]#[N+]c1ccccc1-c1ccc2c(c1)c1cc(-c3ccccc3C#N)ccc1n2-c1cc(-c2cccc(-c3ccc(-n4c5ccc(-c6ccccc6C#N)cc5c5cc(-c6ccccc6[N+]#[C-])ccc54)c(-c4nc(-c5ccccc5)nc(-c5ccccc5)n4)c3)c2)cc(-c2nc(-c3ccccc3)nc(-c3ccccc3)n2)c1. The predicted molar refractivity (Wildman–Crippen MR) is 449 cm³/mol. The molecule has 0 spiro atoms. The van der Waals surface area contributed by atoms with Gasteiger partial charge in [0.15, 0.2) is 46.3 Å². The van der Waals surface area contributed by atoms with Gasteiger partial charge in [-0.1, -0.05) is 255 Å². The molecule has 19 aromatic rings. The minimum Gasteiger partial charge on any atom is -0.309 e. The third kappa shape index (κ3) is 12.1. The highest BCUT2D eigenvalue weighted by molar-refractivity contribution is 6.14. The molecule has 0 amide bonds. The molecule has 15 aromatic carbocycles. The quantitative estimate of drug-likeness (QED) is 0.0979. The second-order valence-corrected chi connectivity index (χ2v) is 27.3. The topological polar surface area (TPSA) is 144 Å². The van der Waals surface area contributed by atoms with E-state index in [4.69, 9.17) is 43.0 Å². The molecule has 0 aliphatic carbocycles. The van der Waals surface area contributed by atoms with Crippen LogP contribution in [0, 0.1) is 35.8 Å². The molecule has 0 N–H and O–H groups in total. The van der Waals surface area contributed by atoms with E-state index in [2.05, 4.69) is 164 Å². The Kier molecular flexibility index (Phi) is 16.8. The third-order valence-corrected chi connectivity index (χ3v) is 20.8.